The number of rotatable bonds is 6. The molecule has 3 rings (SSSR count). The van der Waals surface area contributed by atoms with Gasteiger partial charge >= 0.3 is 0 Å². The Balaban J connectivity index is 1.69. The minimum Gasteiger partial charge on any atom is -0.346 e. The molecule has 144 valence electrons. The maximum Gasteiger partial charge on any atom is 0.225 e. The molecule has 1 aliphatic heterocycles. The van der Waals surface area contributed by atoms with Crippen molar-refractivity contribution in [3.05, 3.63) is 35.6 Å². The topological polar surface area (TPSA) is 66.5 Å². The molecule has 5 nitrogen and oxygen atoms in total. The van der Waals surface area contributed by atoms with Crippen LogP contribution in [0.25, 0.3) is 0 Å². The van der Waals surface area contributed by atoms with Gasteiger partial charge in [-0.2, -0.15) is 0 Å². The molecule has 1 aromatic carbocycles. The van der Waals surface area contributed by atoms with Crippen LogP contribution in [0.3, 0.4) is 0 Å². The highest BCUT2D eigenvalue weighted by Crippen LogP contribution is 2.41. The smallest absolute Gasteiger partial charge is 0.225 e. The standard InChI is InChI=1S/C19H27FN2O3S/c1-2-13-26(24,25)22-12-3-5-15(14-22)18(23)21-19(10-4-11-19)16-6-8-17(20)9-7-16/h6-9,15H,2-5,10-14H2,1H3,(H,21,23). The Morgan fingerprint density at radius 1 is 1.27 bits per heavy atom. The van der Waals surface area contributed by atoms with Crippen LogP contribution in [0.2, 0.25) is 0 Å². The average Bonchev–Trinajstić information content (AvgIpc) is 2.59. The summed E-state index contributed by atoms with van der Waals surface area (Å²) in [7, 11) is -3.28. The summed E-state index contributed by atoms with van der Waals surface area (Å²) in [6.45, 7) is 2.59. The minimum atomic E-state index is -3.28. The molecule has 1 heterocycles. The van der Waals surface area contributed by atoms with E-state index in [1.807, 2.05) is 6.92 Å². The molecule has 1 N–H and O–H groups in total. The van der Waals surface area contributed by atoms with Gasteiger partial charge in [0.25, 0.3) is 0 Å². The van der Waals surface area contributed by atoms with Gasteiger partial charge in [-0.3, -0.25) is 4.79 Å². The molecule has 0 aromatic heterocycles. The molecule has 1 atom stereocenters. The van der Waals surface area contributed by atoms with Crippen molar-refractivity contribution >= 4 is 15.9 Å². The third-order valence-electron chi connectivity index (χ3n) is 5.58. The first-order valence-electron chi connectivity index (χ1n) is 9.42. The molecule has 0 radical (unpaired) electrons. The Kier molecular flexibility index (Phi) is 5.67. The molecule has 1 aromatic rings. The summed E-state index contributed by atoms with van der Waals surface area (Å²) in [5.41, 5.74) is 0.486. The summed E-state index contributed by atoms with van der Waals surface area (Å²) in [6, 6.07) is 6.30. The SMILES string of the molecule is CCCS(=O)(=O)N1CCCC(C(=O)NC2(c3ccc(F)cc3)CCC2)C1. The molecule has 26 heavy (non-hydrogen) atoms. The van der Waals surface area contributed by atoms with Crippen LogP contribution >= 0.6 is 0 Å². The second-order valence-electron chi connectivity index (χ2n) is 7.44. The Morgan fingerprint density at radius 3 is 2.54 bits per heavy atom. The minimum absolute atomic E-state index is 0.0922. The molecule has 1 aliphatic carbocycles. The third kappa shape index (κ3) is 3.93. The van der Waals surface area contributed by atoms with E-state index in [0.717, 1.165) is 24.8 Å². The van der Waals surface area contributed by atoms with E-state index in [1.54, 1.807) is 12.1 Å². The van der Waals surface area contributed by atoms with E-state index in [0.29, 0.717) is 25.8 Å². The van der Waals surface area contributed by atoms with Crippen LogP contribution in [0.15, 0.2) is 24.3 Å². The second kappa shape index (κ2) is 7.64. The van der Waals surface area contributed by atoms with Gasteiger partial charge in [0.2, 0.25) is 15.9 Å². The number of hydrogen-bond donors (Lipinski definition) is 1. The number of halogens is 1. The summed E-state index contributed by atoms with van der Waals surface area (Å²) >= 11 is 0. The van der Waals surface area contributed by atoms with Crippen LogP contribution in [0, 0.1) is 11.7 Å². The van der Waals surface area contributed by atoms with Gasteiger partial charge < -0.3 is 5.32 Å². The van der Waals surface area contributed by atoms with E-state index in [2.05, 4.69) is 5.32 Å². The fraction of sp³-hybridized carbons (Fsp3) is 0.632. The van der Waals surface area contributed by atoms with Gasteiger partial charge in [-0.1, -0.05) is 19.1 Å². The number of piperidine rings is 1. The van der Waals surface area contributed by atoms with E-state index < -0.39 is 15.6 Å². The number of hydrogen-bond acceptors (Lipinski definition) is 3. The van der Waals surface area contributed by atoms with Crippen LogP contribution in [0.4, 0.5) is 4.39 Å². The first kappa shape index (κ1) is 19.3. The van der Waals surface area contributed by atoms with E-state index in [-0.39, 0.29) is 29.9 Å². The summed E-state index contributed by atoms with van der Waals surface area (Å²) in [4.78, 5) is 12.9. The molecule has 1 saturated heterocycles. The highest BCUT2D eigenvalue weighted by Gasteiger charge is 2.42. The van der Waals surface area contributed by atoms with Gasteiger partial charge in [-0.25, -0.2) is 17.1 Å². The van der Waals surface area contributed by atoms with Gasteiger partial charge in [0.15, 0.2) is 0 Å². The number of carbonyl (C=O) groups excluding carboxylic acids is 1. The van der Waals surface area contributed by atoms with Crippen LogP contribution in [0.5, 0.6) is 0 Å². The molecule has 0 bridgehead atoms. The number of carbonyl (C=O) groups is 1. The predicted molar refractivity (Wildman–Crippen MR) is 98.4 cm³/mol. The van der Waals surface area contributed by atoms with Crippen molar-refractivity contribution in [2.24, 2.45) is 5.92 Å². The Morgan fingerprint density at radius 2 is 1.96 bits per heavy atom. The summed E-state index contributed by atoms with van der Waals surface area (Å²) in [5, 5.41) is 3.16. The van der Waals surface area contributed by atoms with Gasteiger partial charge in [0.05, 0.1) is 17.2 Å². The van der Waals surface area contributed by atoms with Gasteiger partial charge in [-0.15, -0.1) is 0 Å². The zero-order chi connectivity index (χ0) is 18.8. The van der Waals surface area contributed by atoms with E-state index >= 15 is 0 Å². The van der Waals surface area contributed by atoms with Crippen molar-refractivity contribution in [2.75, 3.05) is 18.8 Å². The van der Waals surface area contributed by atoms with Crippen molar-refractivity contribution in [3.63, 3.8) is 0 Å². The zero-order valence-electron chi connectivity index (χ0n) is 15.2. The van der Waals surface area contributed by atoms with Crippen LogP contribution in [0.1, 0.15) is 51.0 Å². The second-order valence-corrected chi connectivity index (χ2v) is 9.53. The van der Waals surface area contributed by atoms with Crippen molar-refractivity contribution in [1.29, 1.82) is 0 Å². The highest BCUT2D eigenvalue weighted by molar-refractivity contribution is 7.89. The molecular weight excluding hydrogens is 355 g/mol. The summed E-state index contributed by atoms with van der Waals surface area (Å²) in [5.74, 6) is -0.585. The molecular formula is C19H27FN2O3S. The Hall–Kier alpha value is -1.47. The first-order chi connectivity index (χ1) is 12.4. The lowest BCUT2D eigenvalue weighted by atomic mass is 9.71. The molecule has 1 unspecified atom stereocenters. The number of sulfonamides is 1. The van der Waals surface area contributed by atoms with Gasteiger partial charge in [0, 0.05) is 13.1 Å². The number of amides is 1. The maximum atomic E-state index is 13.2. The van der Waals surface area contributed by atoms with E-state index in [1.165, 1.54) is 16.4 Å². The molecule has 1 saturated carbocycles. The lowest BCUT2D eigenvalue weighted by molar-refractivity contribution is -0.129. The van der Waals surface area contributed by atoms with E-state index in [9.17, 15) is 17.6 Å². The zero-order valence-corrected chi connectivity index (χ0v) is 16.0. The predicted octanol–water partition coefficient (Wildman–Crippen LogP) is 2.77. The maximum absolute atomic E-state index is 13.2. The quantitative estimate of drug-likeness (QED) is 0.823. The molecule has 1 amide bonds. The highest BCUT2D eigenvalue weighted by atomic mass is 32.2. The van der Waals surface area contributed by atoms with Crippen molar-refractivity contribution < 1.29 is 17.6 Å². The summed E-state index contributed by atoms with van der Waals surface area (Å²) in [6.07, 6.45) is 4.64. The Labute approximate surface area is 155 Å². The Bertz CT molecular complexity index is 745. The molecule has 0 spiro atoms. The van der Waals surface area contributed by atoms with Crippen molar-refractivity contribution in [1.82, 2.24) is 9.62 Å². The number of benzene rings is 1. The average molecular weight is 383 g/mol. The molecule has 2 fully saturated rings. The number of nitrogens with zero attached hydrogens (tertiary/aromatic N) is 1. The van der Waals surface area contributed by atoms with Gasteiger partial charge in [-0.05, 0) is 56.2 Å². The molecule has 7 heteroatoms. The van der Waals surface area contributed by atoms with Crippen LogP contribution in [-0.4, -0.2) is 37.5 Å². The largest absolute Gasteiger partial charge is 0.346 e. The fourth-order valence-corrected chi connectivity index (χ4v) is 5.51. The van der Waals surface area contributed by atoms with Crippen LogP contribution in [-0.2, 0) is 20.4 Å². The van der Waals surface area contributed by atoms with Crippen molar-refractivity contribution in [3.8, 4) is 0 Å². The van der Waals surface area contributed by atoms with Gasteiger partial charge in [0.1, 0.15) is 5.82 Å². The number of nitrogens with one attached hydrogen (secondary N) is 1. The van der Waals surface area contributed by atoms with E-state index in [4.69, 9.17) is 0 Å². The monoisotopic (exact) mass is 382 g/mol. The lowest BCUT2D eigenvalue weighted by Crippen LogP contribution is -2.55. The summed E-state index contributed by atoms with van der Waals surface area (Å²) < 4.78 is 39.3. The fourth-order valence-electron chi connectivity index (χ4n) is 3.92. The molecule has 2 aliphatic rings. The lowest BCUT2D eigenvalue weighted by Gasteiger charge is -2.44. The first-order valence-corrected chi connectivity index (χ1v) is 11.0. The normalized spacial score (nSPS) is 23.2. The van der Waals surface area contributed by atoms with Crippen molar-refractivity contribution in [2.45, 2.75) is 51.0 Å². The third-order valence-corrected chi connectivity index (χ3v) is 7.62. The van der Waals surface area contributed by atoms with Crippen LogP contribution < -0.4 is 5.32 Å².